The Morgan fingerprint density at radius 2 is 1.76 bits per heavy atom. The van der Waals surface area contributed by atoms with E-state index in [0.717, 1.165) is 19.3 Å². The summed E-state index contributed by atoms with van der Waals surface area (Å²) in [5.74, 6) is -0.803. The highest BCUT2D eigenvalue weighted by atomic mass is 16.4. The molecule has 1 aromatic carbocycles. The van der Waals surface area contributed by atoms with Gasteiger partial charge in [-0.1, -0.05) is 29.8 Å². The van der Waals surface area contributed by atoms with Gasteiger partial charge >= 0.3 is 5.97 Å². The van der Waals surface area contributed by atoms with Gasteiger partial charge < -0.3 is 10.0 Å². The van der Waals surface area contributed by atoms with Gasteiger partial charge in [0, 0.05) is 19.5 Å². The lowest BCUT2D eigenvalue weighted by molar-refractivity contribution is -0.138. The van der Waals surface area contributed by atoms with Gasteiger partial charge in [0.2, 0.25) is 5.91 Å². The third-order valence-corrected chi connectivity index (χ3v) is 3.56. The van der Waals surface area contributed by atoms with Crippen molar-refractivity contribution in [2.24, 2.45) is 0 Å². The van der Waals surface area contributed by atoms with Crippen LogP contribution in [0.25, 0.3) is 0 Å². The lowest BCUT2D eigenvalue weighted by Crippen LogP contribution is -2.32. The summed E-state index contributed by atoms with van der Waals surface area (Å²) in [6, 6.07) is 8.46. The van der Waals surface area contributed by atoms with E-state index in [1.54, 1.807) is 4.90 Å². The summed E-state index contributed by atoms with van der Waals surface area (Å²) in [4.78, 5) is 24.1. The average Bonchev–Trinajstić information content (AvgIpc) is 2.46. The van der Waals surface area contributed by atoms with Gasteiger partial charge in [-0.15, -0.1) is 0 Å². The van der Waals surface area contributed by atoms with Gasteiger partial charge in [-0.25, -0.2) is 0 Å². The van der Waals surface area contributed by atoms with Crippen molar-refractivity contribution in [3.05, 3.63) is 35.4 Å². The Bertz CT molecular complexity index is 454. The number of rotatable bonds is 9. The lowest BCUT2D eigenvalue weighted by atomic mass is 10.1. The average molecular weight is 291 g/mol. The first kappa shape index (κ1) is 17.2. The van der Waals surface area contributed by atoms with Gasteiger partial charge in [-0.05, 0) is 38.7 Å². The summed E-state index contributed by atoms with van der Waals surface area (Å²) in [5.41, 5.74) is 2.55. The number of carbonyl (C=O) groups excluding carboxylic acids is 1. The van der Waals surface area contributed by atoms with Gasteiger partial charge in [0.15, 0.2) is 0 Å². The molecule has 0 saturated heterocycles. The molecule has 1 aromatic rings. The summed E-state index contributed by atoms with van der Waals surface area (Å²) in [6.45, 7) is 4.83. The van der Waals surface area contributed by atoms with Crippen molar-refractivity contribution in [3.63, 3.8) is 0 Å². The normalized spacial score (nSPS) is 10.4. The Labute approximate surface area is 126 Å². The topological polar surface area (TPSA) is 57.6 Å². The van der Waals surface area contributed by atoms with Crippen LogP contribution in [0.15, 0.2) is 24.3 Å². The first-order valence-corrected chi connectivity index (χ1v) is 7.58. The fourth-order valence-corrected chi connectivity index (χ4v) is 2.21. The molecule has 0 aliphatic heterocycles. The number of amides is 1. The highest BCUT2D eigenvalue weighted by Crippen LogP contribution is 2.09. The molecule has 1 N–H and O–H groups in total. The Hall–Kier alpha value is -1.84. The number of carbonyl (C=O) groups is 2. The fourth-order valence-electron chi connectivity index (χ4n) is 2.21. The van der Waals surface area contributed by atoms with E-state index in [1.807, 2.05) is 6.92 Å². The molecule has 4 heteroatoms. The minimum atomic E-state index is -0.861. The minimum Gasteiger partial charge on any atom is -0.481 e. The molecule has 0 bridgehead atoms. The molecular weight excluding hydrogens is 266 g/mol. The summed E-state index contributed by atoms with van der Waals surface area (Å²) in [7, 11) is 0. The predicted molar refractivity (Wildman–Crippen MR) is 83.2 cm³/mol. The third-order valence-electron chi connectivity index (χ3n) is 3.56. The molecule has 4 nitrogen and oxygen atoms in total. The Morgan fingerprint density at radius 1 is 1.10 bits per heavy atom. The summed E-state index contributed by atoms with van der Waals surface area (Å²) in [6.07, 6.45) is 3.32. The van der Waals surface area contributed by atoms with E-state index in [-0.39, 0.29) is 12.3 Å². The molecule has 0 atom stereocenters. The van der Waals surface area contributed by atoms with Gasteiger partial charge in [0.1, 0.15) is 0 Å². The molecule has 0 aliphatic carbocycles. The largest absolute Gasteiger partial charge is 0.481 e. The van der Waals surface area contributed by atoms with Crippen molar-refractivity contribution >= 4 is 11.9 Å². The maximum Gasteiger partial charge on any atom is 0.305 e. The Morgan fingerprint density at radius 3 is 2.33 bits per heavy atom. The second kappa shape index (κ2) is 9.16. The number of hydrogen-bond donors (Lipinski definition) is 1. The van der Waals surface area contributed by atoms with Crippen molar-refractivity contribution in [2.75, 3.05) is 13.1 Å². The first-order valence-electron chi connectivity index (χ1n) is 7.58. The monoisotopic (exact) mass is 291 g/mol. The van der Waals surface area contributed by atoms with E-state index >= 15 is 0 Å². The molecule has 1 amide bonds. The highest BCUT2D eigenvalue weighted by molar-refractivity contribution is 5.77. The molecule has 0 unspecified atom stereocenters. The standard InChI is InChI=1S/C17H25NO3/c1-3-18(13-12-17(20)21)16(19)7-5-4-6-15-10-8-14(2)9-11-15/h8-11H,3-7,12-13H2,1-2H3,(H,20,21). The molecule has 0 aromatic heterocycles. The van der Waals surface area contributed by atoms with Crippen LogP contribution in [0, 0.1) is 6.92 Å². The van der Waals surface area contributed by atoms with Gasteiger partial charge in [-0.3, -0.25) is 9.59 Å². The lowest BCUT2D eigenvalue weighted by Gasteiger charge is -2.19. The van der Waals surface area contributed by atoms with E-state index in [2.05, 4.69) is 31.2 Å². The van der Waals surface area contributed by atoms with Crippen LogP contribution in [0.2, 0.25) is 0 Å². The molecule has 116 valence electrons. The maximum atomic E-state index is 12.0. The van der Waals surface area contributed by atoms with E-state index < -0.39 is 5.97 Å². The van der Waals surface area contributed by atoms with Crippen LogP contribution < -0.4 is 0 Å². The van der Waals surface area contributed by atoms with Crippen LogP contribution in [0.1, 0.15) is 43.7 Å². The number of unbranched alkanes of at least 4 members (excludes halogenated alkanes) is 1. The van der Waals surface area contributed by atoms with Crippen molar-refractivity contribution in [3.8, 4) is 0 Å². The van der Waals surface area contributed by atoms with Crippen molar-refractivity contribution in [2.45, 2.75) is 46.0 Å². The first-order chi connectivity index (χ1) is 10.0. The maximum absolute atomic E-state index is 12.0. The van der Waals surface area contributed by atoms with Gasteiger partial charge in [0.05, 0.1) is 6.42 Å². The Kier molecular flexibility index (Phi) is 7.51. The van der Waals surface area contributed by atoms with Crippen molar-refractivity contribution in [1.82, 2.24) is 4.90 Å². The number of hydrogen-bond acceptors (Lipinski definition) is 2. The van der Waals surface area contributed by atoms with E-state index in [1.165, 1.54) is 11.1 Å². The Balaban J connectivity index is 2.25. The number of benzene rings is 1. The molecular formula is C17H25NO3. The van der Waals surface area contributed by atoms with Crippen LogP contribution in [0.4, 0.5) is 0 Å². The summed E-state index contributed by atoms with van der Waals surface area (Å²) >= 11 is 0. The quantitative estimate of drug-likeness (QED) is 0.711. The molecule has 0 aliphatic rings. The molecule has 0 saturated carbocycles. The second-order valence-electron chi connectivity index (χ2n) is 5.31. The second-order valence-corrected chi connectivity index (χ2v) is 5.31. The molecule has 0 spiro atoms. The van der Waals surface area contributed by atoms with Crippen LogP contribution in [-0.4, -0.2) is 35.0 Å². The smallest absolute Gasteiger partial charge is 0.305 e. The van der Waals surface area contributed by atoms with Gasteiger partial charge in [0.25, 0.3) is 0 Å². The summed E-state index contributed by atoms with van der Waals surface area (Å²) < 4.78 is 0. The minimum absolute atomic E-state index is 0.0168. The zero-order valence-corrected chi connectivity index (χ0v) is 13.0. The van der Waals surface area contributed by atoms with Crippen LogP contribution in [0.3, 0.4) is 0 Å². The molecule has 0 heterocycles. The van der Waals surface area contributed by atoms with E-state index in [0.29, 0.717) is 19.5 Å². The predicted octanol–water partition coefficient (Wildman–Crippen LogP) is 3.03. The number of nitrogens with zero attached hydrogens (tertiary/aromatic N) is 1. The highest BCUT2D eigenvalue weighted by Gasteiger charge is 2.12. The number of aryl methyl sites for hydroxylation is 2. The SMILES string of the molecule is CCN(CCC(=O)O)C(=O)CCCCc1ccc(C)cc1. The van der Waals surface area contributed by atoms with Gasteiger partial charge in [-0.2, -0.15) is 0 Å². The van der Waals surface area contributed by atoms with Crippen LogP contribution in [0.5, 0.6) is 0 Å². The molecule has 0 radical (unpaired) electrons. The van der Waals surface area contributed by atoms with Crippen molar-refractivity contribution < 1.29 is 14.7 Å². The molecule has 1 rings (SSSR count). The third kappa shape index (κ3) is 6.93. The zero-order chi connectivity index (χ0) is 15.7. The number of carboxylic acid groups (broad SMARTS) is 1. The van der Waals surface area contributed by atoms with Crippen LogP contribution >= 0.6 is 0 Å². The number of carboxylic acids is 1. The zero-order valence-electron chi connectivity index (χ0n) is 13.0. The number of aliphatic carboxylic acids is 1. The molecule has 0 fully saturated rings. The van der Waals surface area contributed by atoms with E-state index in [9.17, 15) is 9.59 Å². The fraction of sp³-hybridized carbons (Fsp3) is 0.529. The molecule has 21 heavy (non-hydrogen) atoms. The van der Waals surface area contributed by atoms with Crippen LogP contribution in [-0.2, 0) is 16.0 Å². The van der Waals surface area contributed by atoms with E-state index in [4.69, 9.17) is 5.11 Å². The van der Waals surface area contributed by atoms with Crippen molar-refractivity contribution in [1.29, 1.82) is 0 Å². The summed E-state index contributed by atoms with van der Waals surface area (Å²) in [5, 5.41) is 8.66.